The van der Waals surface area contributed by atoms with Crippen LogP contribution in [0.1, 0.15) is 25.0 Å². The number of nitrogens with zero attached hydrogens (tertiary/aromatic N) is 1. The molecule has 0 saturated heterocycles. The van der Waals surface area contributed by atoms with Crippen molar-refractivity contribution in [1.82, 2.24) is 0 Å². The van der Waals surface area contributed by atoms with Gasteiger partial charge in [-0.1, -0.05) is 44.2 Å². The molecule has 0 spiro atoms. The summed E-state index contributed by atoms with van der Waals surface area (Å²) in [5, 5.41) is 2.91. The molecular weight excluding hydrogens is 443 g/mol. The lowest BCUT2D eigenvalue weighted by Gasteiger charge is -2.26. The lowest BCUT2D eigenvalue weighted by Crippen LogP contribution is -2.38. The maximum Gasteiger partial charge on any atom is 0.264 e. The summed E-state index contributed by atoms with van der Waals surface area (Å²) in [6, 6.07) is 16.8. The molecule has 0 atom stereocenters. The second-order valence-electron chi connectivity index (χ2n) is 7.34. The van der Waals surface area contributed by atoms with Crippen LogP contribution in [0, 0.1) is 5.82 Å². The molecule has 1 amide bonds. The quantitative estimate of drug-likeness (QED) is 0.488. The molecule has 174 valence electrons. The molecule has 0 bridgehead atoms. The Labute approximate surface area is 194 Å². The van der Waals surface area contributed by atoms with Gasteiger partial charge in [0.05, 0.1) is 17.7 Å². The molecule has 6 nitrogen and oxygen atoms in total. The Morgan fingerprint density at radius 3 is 2.12 bits per heavy atom. The zero-order valence-corrected chi connectivity index (χ0v) is 19.7. The topological polar surface area (TPSA) is 75.7 Å². The minimum absolute atomic E-state index is 0.134. The number of hydrogen-bond acceptors (Lipinski definition) is 4. The number of halogens is 1. The monoisotopic (exact) mass is 470 g/mol. The Morgan fingerprint density at radius 1 is 0.939 bits per heavy atom. The van der Waals surface area contributed by atoms with E-state index in [2.05, 4.69) is 5.32 Å². The number of amides is 1. The van der Waals surface area contributed by atoms with E-state index in [1.807, 2.05) is 32.0 Å². The van der Waals surface area contributed by atoms with Crippen molar-refractivity contribution >= 4 is 27.3 Å². The molecule has 8 heteroatoms. The number of aryl methyl sites for hydroxylation is 2. The van der Waals surface area contributed by atoms with Crippen molar-refractivity contribution in [2.75, 3.05) is 23.3 Å². The van der Waals surface area contributed by atoms with Crippen LogP contribution < -0.4 is 14.4 Å². The number of anilines is 2. The van der Waals surface area contributed by atoms with Crippen LogP contribution in [0.4, 0.5) is 15.8 Å². The van der Waals surface area contributed by atoms with E-state index >= 15 is 0 Å². The van der Waals surface area contributed by atoms with Gasteiger partial charge < -0.3 is 10.1 Å². The molecule has 0 unspecified atom stereocenters. The zero-order chi connectivity index (χ0) is 24.0. The number of carbonyl (C=O) groups is 1. The summed E-state index contributed by atoms with van der Waals surface area (Å²) >= 11 is 0. The van der Waals surface area contributed by atoms with E-state index in [1.54, 1.807) is 24.3 Å². The van der Waals surface area contributed by atoms with Crippen LogP contribution in [0.3, 0.4) is 0 Å². The van der Waals surface area contributed by atoms with Crippen LogP contribution in [-0.2, 0) is 27.7 Å². The minimum atomic E-state index is -4.20. The van der Waals surface area contributed by atoms with E-state index in [-0.39, 0.29) is 10.6 Å². The summed E-state index contributed by atoms with van der Waals surface area (Å²) in [4.78, 5) is 13.0. The SMILES string of the molecule is CCc1cccc(CC)c1NC(=O)CN(c1ccccc1OC)S(=O)(=O)c1ccc(F)cc1. The van der Waals surface area contributed by atoms with Crippen LogP contribution in [0.25, 0.3) is 0 Å². The number of hydrogen-bond donors (Lipinski definition) is 1. The van der Waals surface area contributed by atoms with Crippen LogP contribution in [0.2, 0.25) is 0 Å². The van der Waals surface area contributed by atoms with Crippen LogP contribution in [0.15, 0.2) is 71.6 Å². The van der Waals surface area contributed by atoms with E-state index in [4.69, 9.17) is 4.74 Å². The van der Waals surface area contributed by atoms with Gasteiger partial charge in [0.15, 0.2) is 0 Å². The molecule has 1 N–H and O–H groups in total. The molecule has 0 aliphatic carbocycles. The normalized spacial score (nSPS) is 11.2. The highest BCUT2D eigenvalue weighted by Gasteiger charge is 2.29. The molecule has 0 aromatic heterocycles. The molecule has 0 aliphatic rings. The third-order valence-electron chi connectivity index (χ3n) is 5.31. The average molecular weight is 471 g/mol. The first-order valence-corrected chi connectivity index (χ1v) is 12.1. The fourth-order valence-corrected chi connectivity index (χ4v) is 5.01. The van der Waals surface area contributed by atoms with E-state index in [0.717, 1.165) is 27.6 Å². The number of carbonyl (C=O) groups excluding carboxylic acids is 1. The van der Waals surface area contributed by atoms with E-state index < -0.39 is 28.3 Å². The molecule has 33 heavy (non-hydrogen) atoms. The Morgan fingerprint density at radius 2 is 1.55 bits per heavy atom. The summed E-state index contributed by atoms with van der Waals surface area (Å²) in [6.07, 6.45) is 1.43. The second-order valence-corrected chi connectivity index (χ2v) is 9.21. The fraction of sp³-hybridized carbons (Fsp3) is 0.240. The van der Waals surface area contributed by atoms with Gasteiger partial charge in [0.2, 0.25) is 5.91 Å². The summed E-state index contributed by atoms with van der Waals surface area (Å²) in [6.45, 7) is 3.50. The van der Waals surface area contributed by atoms with Crippen molar-refractivity contribution in [3.05, 3.63) is 83.7 Å². The number of rotatable bonds is 9. The van der Waals surface area contributed by atoms with Crippen molar-refractivity contribution in [2.45, 2.75) is 31.6 Å². The predicted octanol–water partition coefficient (Wildman–Crippen LogP) is 4.79. The molecule has 0 aliphatic heterocycles. The van der Waals surface area contributed by atoms with E-state index in [9.17, 15) is 17.6 Å². The maximum atomic E-state index is 13.5. The molecule has 3 rings (SSSR count). The van der Waals surface area contributed by atoms with Gasteiger partial charge in [-0.3, -0.25) is 9.10 Å². The highest BCUT2D eigenvalue weighted by atomic mass is 32.2. The van der Waals surface area contributed by atoms with Crippen molar-refractivity contribution in [2.24, 2.45) is 0 Å². The first-order valence-electron chi connectivity index (χ1n) is 10.6. The lowest BCUT2D eigenvalue weighted by atomic mass is 10.0. The summed E-state index contributed by atoms with van der Waals surface area (Å²) < 4.78 is 46.8. The Balaban J connectivity index is 2.03. The Kier molecular flexibility index (Phi) is 7.71. The largest absolute Gasteiger partial charge is 0.495 e. The van der Waals surface area contributed by atoms with Crippen molar-refractivity contribution in [1.29, 1.82) is 0 Å². The lowest BCUT2D eigenvalue weighted by molar-refractivity contribution is -0.114. The van der Waals surface area contributed by atoms with Crippen LogP contribution >= 0.6 is 0 Å². The Bertz CT molecular complexity index is 1210. The number of methoxy groups -OCH3 is 1. The van der Waals surface area contributed by atoms with Crippen molar-refractivity contribution in [3.8, 4) is 5.75 Å². The highest BCUT2D eigenvalue weighted by Crippen LogP contribution is 2.32. The third kappa shape index (κ3) is 5.34. The standard InChI is InChI=1S/C25H27FN2O4S/c1-4-18-9-8-10-19(5-2)25(18)27-24(29)17-28(22-11-6-7-12-23(22)32-3)33(30,31)21-15-13-20(26)14-16-21/h6-16H,4-5,17H2,1-3H3,(H,27,29). The third-order valence-corrected chi connectivity index (χ3v) is 7.08. The summed E-state index contributed by atoms with van der Waals surface area (Å²) in [5.41, 5.74) is 2.84. The van der Waals surface area contributed by atoms with Crippen molar-refractivity contribution in [3.63, 3.8) is 0 Å². The molecule has 3 aromatic carbocycles. The number of nitrogens with one attached hydrogen (secondary N) is 1. The van der Waals surface area contributed by atoms with Gasteiger partial charge in [-0.05, 0) is 60.4 Å². The first kappa shape index (κ1) is 24.3. The average Bonchev–Trinajstić information content (AvgIpc) is 2.82. The van der Waals surface area contributed by atoms with Gasteiger partial charge in [-0.15, -0.1) is 0 Å². The smallest absolute Gasteiger partial charge is 0.264 e. The molecule has 3 aromatic rings. The zero-order valence-electron chi connectivity index (χ0n) is 18.8. The summed E-state index contributed by atoms with van der Waals surface area (Å²) in [7, 11) is -2.77. The number of benzene rings is 3. The van der Waals surface area contributed by atoms with E-state index in [1.165, 1.54) is 19.2 Å². The molecule has 0 radical (unpaired) electrons. The van der Waals surface area contributed by atoms with Gasteiger partial charge in [0.1, 0.15) is 18.1 Å². The fourth-order valence-electron chi connectivity index (χ4n) is 3.58. The predicted molar refractivity (Wildman–Crippen MR) is 128 cm³/mol. The van der Waals surface area contributed by atoms with Gasteiger partial charge in [-0.25, -0.2) is 12.8 Å². The van der Waals surface area contributed by atoms with E-state index in [0.29, 0.717) is 24.3 Å². The van der Waals surface area contributed by atoms with Gasteiger partial charge in [0, 0.05) is 5.69 Å². The first-order chi connectivity index (χ1) is 15.8. The molecular formula is C25H27FN2O4S. The van der Waals surface area contributed by atoms with Crippen LogP contribution in [-0.4, -0.2) is 28.0 Å². The molecule has 0 heterocycles. The number of ether oxygens (including phenoxy) is 1. The number of sulfonamides is 1. The van der Waals surface area contributed by atoms with Gasteiger partial charge >= 0.3 is 0 Å². The van der Waals surface area contributed by atoms with Gasteiger partial charge in [0.25, 0.3) is 10.0 Å². The summed E-state index contributed by atoms with van der Waals surface area (Å²) in [5.74, 6) is -0.764. The molecule has 0 saturated carbocycles. The Hall–Kier alpha value is -3.39. The minimum Gasteiger partial charge on any atom is -0.495 e. The van der Waals surface area contributed by atoms with Gasteiger partial charge in [-0.2, -0.15) is 0 Å². The second kappa shape index (κ2) is 10.5. The van der Waals surface area contributed by atoms with Crippen LogP contribution in [0.5, 0.6) is 5.75 Å². The highest BCUT2D eigenvalue weighted by molar-refractivity contribution is 7.92. The molecule has 0 fully saturated rings. The maximum absolute atomic E-state index is 13.5. The van der Waals surface area contributed by atoms with Crippen molar-refractivity contribution < 1.29 is 22.3 Å². The number of para-hydroxylation sites is 3.